The first-order chi connectivity index (χ1) is 7.34. The molecule has 4 nitrogen and oxygen atoms in total. The van der Waals surface area contributed by atoms with Gasteiger partial charge in [-0.1, -0.05) is 25.4 Å². The van der Waals surface area contributed by atoms with E-state index in [0.29, 0.717) is 17.9 Å². The van der Waals surface area contributed by atoms with Crippen LogP contribution in [-0.4, -0.2) is 9.91 Å². The summed E-state index contributed by atoms with van der Waals surface area (Å²) >= 11 is 5.83. The number of hydrogen-bond donors (Lipinski definition) is 0. The van der Waals surface area contributed by atoms with E-state index in [1.54, 1.807) is 0 Å². The van der Waals surface area contributed by atoms with Gasteiger partial charge in [-0.05, 0) is 31.7 Å². The van der Waals surface area contributed by atoms with E-state index in [1.807, 2.05) is 27.7 Å². The largest absolute Gasteiger partial charge is 0.309 e. The molecule has 1 heterocycles. The van der Waals surface area contributed by atoms with E-state index in [-0.39, 0.29) is 10.8 Å². The van der Waals surface area contributed by atoms with Crippen molar-refractivity contribution in [2.75, 3.05) is 0 Å². The molecule has 16 heavy (non-hydrogen) atoms. The predicted molar refractivity (Wildman–Crippen MR) is 63.9 cm³/mol. The third kappa shape index (κ3) is 2.50. The summed E-state index contributed by atoms with van der Waals surface area (Å²) in [5.74, 6) is 0.343. The number of nitrogens with zero attached hydrogens (tertiary/aromatic N) is 2. The molecule has 0 aliphatic rings. The summed E-state index contributed by atoms with van der Waals surface area (Å²) in [4.78, 5) is 14.5. The van der Waals surface area contributed by atoms with Crippen LogP contribution in [0, 0.1) is 29.9 Å². The summed E-state index contributed by atoms with van der Waals surface area (Å²) in [6.07, 6.45) is 0.644. The molecule has 0 aliphatic carbocycles. The van der Waals surface area contributed by atoms with Crippen molar-refractivity contribution in [2.45, 2.75) is 34.1 Å². The van der Waals surface area contributed by atoms with Crippen molar-refractivity contribution in [3.05, 3.63) is 32.1 Å². The maximum Gasteiger partial charge on any atom is 0.309 e. The van der Waals surface area contributed by atoms with Crippen LogP contribution in [0.2, 0.25) is 5.15 Å². The number of aromatic nitrogens is 1. The van der Waals surface area contributed by atoms with Crippen LogP contribution in [0.5, 0.6) is 0 Å². The molecule has 5 heteroatoms. The standard InChI is InChI=1S/C11H15ClN2O2/c1-6(2)5-9-7(3)8(4)13-11(12)10(9)14(15)16/h6H,5H2,1-4H3. The molecule has 0 N–H and O–H groups in total. The molecular formula is C11H15ClN2O2. The highest BCUT2D eigenvalue weighted by Gasteiger charge is 2.24. The lowest BCUT2D eigenvalue weighted by Gasteiger charge is -2.11. The fourth-order valence-corrected chi connectivity index (χ4v) is 1.96. The molecule has 0 saturated carbocycles. The number of hydrogen-bond acceptors (Lipinski definition) is 3. The number of rotatable bonds is 3. The molecule has 0 amide bonds. The van der Waals surface area contributed by atoms with Gasteiger partial charge in [0.05, 0.1) is 4.92 Å². The van der Waals surface area contributed by atoms with E-state index in [4.69, 9.17) is 11.6 Å². The van der Waals surface area contributed by atoms with Crippen LogP contribution in [0.25, 0.3) is 0 Å². The van der Waals surface area contributed by atoms with Gasteiger partial charge in [-0.2, -0.15) is 0 Å². The summed E-state index contributed by atoms with van der Waals surface area (Å²) < 4.78 is 0. The van der Waals surface area contributed by atoms with Crippen molar-refractivity contribution in [1.82, 2.24) is 4.98 Å². The Morgan fingerprint density at radius 1 is 1.44 bits per heavy atom. The third-order valence-corrected chi connectivity index (χ3v) is 2.80. The Morgan fingerprint density at radius 3 is 2.44 bits per heavy atom. The summed E-state index contributed by atoms with van der Waals surface area (Å²) in [5, 5.41) is 11.0. The normalized spacial score (nSPS) is 10.9. The zero-order chi connectivity index (χ0) is 12.5. The summed E-state index contributed by atoms with van der Waals surface area (Å²) in [6, 6.07) is 0. The molecule has 0 saturated heterocycles. The molecule has 0 radical (unpaired) electrons. The second kappa shape index (κ2) is 4.78. The molecule has 88 valence electrons. The summed E-state index contributed by atoms with van der Waals surface area (Å²) in [7, 11) is 0. The van der Waals surface area contributed by atoms with Crippen LogP contribution in [0.3, 0.4) is 0 Å². The highest BCUT2D eigenvalue weighted by Crippen LogP contribution is 2.32. The van der Waals surface area contributed by atoms with E-state index >= 15 is 0 Å². The van der Waals surface area contributed by atoms with Gasteiger partial charge in [0.25, 0.3) is 0 Å². The van der Waals surface area contributed by atoms with Gasteiger partial charge in [0.1, 0.15) is 0 Å². The van der Waals surface area contributed by atoms with Gasteiger partial charge in [-0.25, -0.2) is 4.98 Å². The number of halogens is 1. The van der Waals surface area contributed by atoms with Crippen LogP contribution >= 0.6 is 11.6 Å². The van der Waals surface area contributed by atoms with Crippen molar-refractivity contribution in [2.24, 2.45) is 5.92 Å². The molecule has 0 fully saturated rings. The lowest BCUT2D eigenvalue weighted by atomic mass is 9.97. The summed E-state index contributed by atoms with van der Waals surface area (Å²) in [6.45, 7) is 7.71. The number of nitro groups is 1. The van der Waals surface area contributed by atoms with Gasteiger partial charge in [0.15, 0.2) is 0 Å². The van der Waals surface area contributed by atoms with Gasteiger partial charge < -0.3 is 0 Å². The topological polar surface area (TPSA) is 56.0 Å². The lowest BCUT2D eigenvalue weighted by molar-refractivity contribution is -0.385. The minimum absolute atomic E-state index is 0.0104. The molecule has 1 aromatic rings. The van der Waals surface area contributed by atoms with Crippen molar-refractivity contribution in [3.63, 3.8) is 0 Å². The Kier molecular flexibility index (Phi) is 3.86. The molecule has 0 bridgehead atoms. The SMILES string of the molecule is Cc1nc(Cl)c([N+](=O)[O-])c(CC(C)C)c1C. The van der Waals surface area contributed by atoms with Crippen molar-refractivity contribution in [3.8, 4) is 0 Å². The predicted octanol–water partition coefficient (Wildman–Crippen LogP) is 3.46. The van der Waals surface area contributed by atoms with E-state index < -0.39 is 4.92 Å². The Balaban J connectivity index is 3.45. The quantitative estimate of drug-likeness (QED) is 0.463. The maximum absolute atomic E-state index is 11.0. The molecule has 0 aromatic carbocycles. The van der Waals surface area contributed by atoms with Crippen LogP contribution in [0.1, 0.15) is 30.7 Å². The molecule has 0 unspecified atom stereocenters. The molecule has 0 atom stereocenters. The number of pyridine rings is 1. The molecular weight excluding hydrogens is 228 g/mol. The van der Waals surface area contributed by atoms with Crippen molar-refractivity contribution in [1.29, 1.82) is 0 Å². The van der Waals surface area contributed by atoms with Crippen LogP contribution in [-0.2, 0) is 6.42 Å². The smallest absolute Gasteiger partial charge is 0.258 e. The minimum atomic E-state index is -0.445. The first-order valence-corrected chi connectivity index (χ1v) is 5.52. The molecule has 1 aromatic heterocycles. The summed E-state index contributed by atoms with van der Waals surface area (Å²) in [5.41, 5.74) is 2.28. The van der Waals surface area contributed by atoms with Crippen LogP contribution in [0.4, 0.5) is 5.69 Å². The highest BCUT2D eigenvalue weighted by molar-refractivity contribution is 6.31. The Bertz CT molecular complexity index is 430. The first kappa shape index (κ1) is 12.9. The van der Waals surface area contributed by atoms with E-state index in [9.17, 15) is 10.1 Å². The van der Waals surface area contributed by atoms with Crippen LogP contribution < -0.4 is 0 Å². The van der Waals surface area contributed by atoms with Gasteiger partial charge in [0, 0.05) is 11.3 Å². The Labute approximate surface area is 99.8 Å². The monoisotopic (exact) mass is 242 g/mol. The molecule has 0 spiro atoms. The lowest BCUT2D eigenvalue weighted by Crippen LogP contribution is -2.06. The zero-order valence-corrected chi connectivity index (χ0v) is 10.6. The average Bonchev–Trinajstić information content (AvgIpc) is 2.12. The van der Waals surface area contributed by atoms with E-state index in [2.05, 4.69) is 4.98 Å². The van der Waals surface area contributed by atoms with Gasteiger partial charge in [-0.15, -0.1) is 0 Å². The third-order valence-electron chi connectivity index (χ3n) is 2.54. The Morgan fingerprint density at radius 2 is 2.00 bits per heavy atom. The fraction of sp³-hybridized carbons (Fsp3) is 0.545. The van der Waals surface area contributed by atoms with Crippen LogP contribution in [0.15, 0.2) is 0 Å². The zero-order valence-electron chi connectivity index (χ0n) is 9.87. The Hall–Kier alpha value is -1.16. The van der Waals surface area contributed by atoms with Crippen molar-refractivity contribution >= 4 is 17.3 Å². The second-order valence-corrected chi connectivity index (χ2v) is 4.65. The second-order valence-electron chi connectivity index (χ2n) is 4.30. The highest BCUT2D eigenvalue weighted by atomic mass is 35.5. The first-order valence-electron chi connectivity index (χ1n) is 5.14. The molecule has 0 aliphatic heterocycles. The van der Waals surface area contributed by atoms with E-state index in [0.717, 1.165) is 11.3 Å². The minimum Gasteiger partial charge on any atom is -0.258 e. The van der Waals surface area contributed by atoms with Gasteiger partial charge in [0.2, 0.25) is 5.15 Å². The van der Waals surface area contributed by atoms with Crippen molar-refractivity contribution < 1.29 is 4.92 Å². The van der Waals surface area contributed by atoms with E-state index in [1.165, 1.54) is 0 Å². The van der Waals surface area contributed by atoms with Gasteiger partial charge in [-0.3, -0.25) is 10.1 Å². The number of aryl methyl sites for hydroxylation is 1. The fourth-order valence-electron chi connectivity index (χ4n) is 1.65. The van der Waals surface area contributed by atoms with Gasteiger partial charge >= 0.3 is 5.69 Å². The average molecular weight is 243 g/mol. The molecule has 1 rings (SSSR count). The maximum atomic E-state index is 11.0.